The minimum atomic E-state index is -0.0461. The van der Waals surface area contributed by atoms with E-state index >= 15 is 0 Å². The molecule has 0 unspecified atom stereocenters. The summed E-state index contributed by atoms with van der Waals surface area (Å²) in [5, 5.41) is 21.6. The van der Waals surface area contributed by atoms with Gasteiger partial charge in [-0.25, -0.2) is 0 Å². The number of nitrogens with one attached hydrogen (secondary N) is 1. The molecule has 0 amide bonds. The number of ether oxygens (including phenoxy) is 1. The Hall–Kier alpha value is -0.950. The molecule has 3 aliphatic rings. The molecule has 2 aliphatic carbocycles. The smallest absolute Gasteiger partial charge is 0.310 e. The Labute approximate surface area is 169 Å². The summed E-state index contributed by atoms with van der Waals surface area (Å²) in [7, 11) is 0. The summed E-state index contributed by atoms with van der Waals surface area (Å²) in [6.07, 6.45) is 6.60. The van der Waals surface area contributed by atoms with Crippen molar-refractivity contribution < 1.29 is 19.7 Å². The molecule has 1 saturated heterocycles. The van der Waals surface area contributed by atoms with Crippen LogP contribution in [0.25, 0.3) is 0 Å². The van der Waals surface area contributed by atoms with E-state index in [1.807, 2.05) is 0 Å². The van der Waals surface area contributed by atoms with Gasteiger partial charge in [0, 0.05) is 25.6 Å². The summed E-state index contributed by atoms with van der Waals surface area (Å²) in [5.41, 5.74) is 1.63. The maximum Gasteiger partial charge on any atom is 0.310 e. The molecule has 3 rings (SSSR count). The zero-order valence-electron chi connectivity index (χ0n) is 17.4. The van der Waals surface area contributed by atoms with Crippen molar-refractivity contribution in [2.45, 2.75) is 51.6 Å². The summed E-state index contributed by atoms with van der Waals surface area (Å²) < 4.78 is 5.81. The van der Waals surface area contributed by atoms with Crippen molar-refractivity contribution in [3.05, 3.63) is 12.2 Å². The number of aliphatic hydroxyl groups excluding tert-OH is 2. The Morgan fingerprint density at radius 2 is 2.04 bits per heavy atom. The highest BCUT2D eigenvalue weighted by Gasteiger charge is 2.54. The lowest BCUT2D eigenvalue weighted by molar-refractivity contribution is -0.146. The maximum absolute atomic E-state index is 12.5. The lowest BCUT2D eigenvalue weighted by Gasteiger charge is -2.50. The normalized spacial score (nSPS) is 35.0. The van der Waals surface area contributed by atoms with E-state index < -0.39 is 0 Å². The Balaban J connectivity index is 1.47. The minimum Gasteiger partial charge on any atom is -0.462 e. The van der Waals surface area contributed by atoms with Gasteiger partial charge in [-0.1, -0.05) is 19.1 Å². The van der Waals surface area contributed by atoms with E-state index in [2.05, 4.69) is 23.7 Å². The van der Waals surface area contributed by atoms with Gasteiger partial charge in [0.1, 0.15) is 6.10 Å². The lowest BCUT2D eigenvalue weighted by Crippen LogP contribution is -2.45. The molecular weight excluding hydrogens is 356 g/mol. The molecule has 1 aliphatic heterocycles. The van der Waals surface area contributed by atoms with Gasteiger partial charge in [-0.15, -0.1) is 0 Å². The van der Waals surface area contributed by atoms with Crippen LogP contribution >= 0.6 is 0 Å². The molecule has 6 heteroatoms. The van der Waals surface area contributed by atoms with Gasteiger partial charge in [-0.2, -0.15) is 0 Å². The predicted molar refractivity (Wildman–Crippen MR) is 109 cm³/mol. The first-order valence-electron chi connectivity index (χ1n) is 11.0. The van der Waals surface area contributed by atoms with Gasteiger partial charge in [-0.3, -0.25) is 9.69 Å². The summed E-state index contributed by atoms with van der Waals surface area (Å²) in [6.45, 7) is 10.4. The molecule has 2 saturated carbocycles. The molecule has 0 radical (unpaired) electrons. The maximum atomic E-state index is 12.5. The number of esters is 1. The van der Waals surface area contributed by atoms with E-state index in [9.17, 15) is 4.79 Å². The van der Waals surface area contributed by atoms with Crippen LogP contribution in [0.5, 0.6) is 0 Å². The van der Waals surface area contributed by atoms with Crippen LogP contribution in [0.15, 0.2) is 12.2 Å². The van der Waals surface area contributed by atoms with Gasteiger partial charge in [0.2, 0.25) is 0 Å². The topological polar surface area (TPSA) is 82.0 Å². The lowest BCUT2D eigenvalue weighted by atomic mass is 9.55. The SMILES string of the molecule is C=C1CCC[C@]2(C)C[C@H]3OC(=O)[C@H](CNCCCN(CCO)CCO)[C@H]3C[C@@H]12. The molecule has 5 atom stereocenters. The van der Waals surface area contributed by atoms with Gasteiger partial charge in [-0.05, 0) is 62.9 Å². The Bertz CT molecular complexity index is 549. The van der Waals surface area contributed by atoms with Gasteiger partial charge in [0.25, 0.3) is 0 Å². The second-order valence-electron chi connectivity index (χ2n) is 9.25. The number of aliphatic hydroxyl groups is 2. The second kappa shape index (κ2) is 9.70. The molecular formula is C22H38N2O4. The van der Waals surface area contributed by atoms with Crippen molar-refractivity contribution in [1.82, 2.24) is 10.2 Å². The average Bonchev–Trinajstić information content (AvgIpc) is 2.94. The minimum absolute atomic E-state index is 0.0300. The molecule has 160 valence electrons. The van der Waals surface area contributed by atoms with Crippen LogP contribution in [-0.2, 0) is 9.53 Å². The number of rotatable bonds is 10. The summed E-state index contributed by atoms with van der Waals surface area (Å²) in [6, 6.07) is 0. The summed E-state index contributed by atoms with van der Waals surface area (Å²) in [4.78, 5) is 14.6. The van der Waals surface area contributed by atoms with E-state index in [0.717, 1.165) is 38.8 Å². The monoisotopic (exact) mass is 394 g/mol. The van der Waals surface area contributed by atoms with Gasteiger partial charge < -0.3 is 20.3 Å². The highest BCUT2D eigenvalue weighted by Crippen LogP contribution is 2.56. The van der Waals surface area contributed by atoms with Crippen LogP contribution in [0, 0.1) is 23.2 Å². The van der Waals surface area contributed by atoms with Crippen LogP contribution in [0.3, 0.4) is 0 Å². The van der Waals surface area contributed by atoms with E-state index in [1.54, 1.807) is 0 Å². The standard InChI is InChI=1S/C22H38N2O4/c1-16-5-3-6-22(2)14-20-17(13-19(16)22)18(21(27)28-20)15-23-7-4-8-24(9-11-25)10-12-26/h17-20,23,25-26H,1,3-15H2,2H3/t17-,18-,19+,20-,22-/m1/s1. The molecule has 0 bridgehead atoms. The van der Waals surface area contributed by atoms with Crippen molar-refractivity contribution >= 4 is 5.97 Å². The number of hydrogen-bond acceptors (Lipinski definition) is 6. The molecule has 0 spiro atoms. The first kappa shape index (κ1) is 21.8. The fourth-order valence-corrected chi connectivity index (χ4v) is 5.79. The molecule has 6 nitrogen and oxygen atoms in total. The highest BCUT2D eigenvalue weighted by molar-refractivity contribution is 5.75. The van der Waals surface area contributed by atoms with Crippen LogP contribution in [0.4, 0.5) is 0 Å². The highest BCUT2D eigenvalue weighted by atomic mass is 16.6. The van der Waals surface area contributed by atoms with E-state index in [-0.39, 0.29) is 36.6 Å². The Kier molecular flexibility index (Phi) is 7.54. The van der Waals surface area contributed by atoms with E-state index in [4.69, 9.17) is 14.9 Å². The van der Waals surface area contributed by atoms with Crippen molar-refractivity contribution in [3.8, 4) is 0 Å². The fourth-order valence-electron chi connectivity index (χ4n) is 5.79. The first-order chi connectivity index (χ1) is 13.5. The van der Waals surface area contributed by atoms with E-state index in [1.165, 1.54) is 18.4 Å². The zero-order chi connectivity index (χ0) is 20.1. The summed E-state index contributed by atoms with van der Waals surface area (Å²) in [5.74, 6) is 0.769. The predicted octanol–water partition coefficient (Wildman–Crippen LogP) is 1.57. The number of nitrogens with zero attached hydrogens (tertiary/aromatic N) is 1. The first-order valence-corrected chi connectivity index (χ1v) is 11.0. The summed E-state index contributed by atoms with van der Waals surface area (Å²) >= 11 is 0. The quantitative estimate of drug-likeness (QED) is 0.296. The molecule has 0 aromatic carbocycles. The van der Waals surface area contributed by atoms with Crippen molar-refractivity contribution in [2.24, 2.45) is 23.2 Å². The van der Waals surface area contributed by atoms with Crippen molar-refractivity contribution in [1.29, 1.82) is 0 Å². The molecule has 1 heterocycles. The van der Waals surface area contributed by atoms with Crippen LogP contribution in [0.2, 0.25) is 0 Å². The van der Waals surface area contributed by atoms with Crippen LogP contribution in [-0.4, -0.2) is 73.1 Å². The Morgan fingerprint density at radius 3 is 2.75 bits per heavy atom. The fraction of sp³-hybridized carbons (Fsp3) is 0.864. The molecule has 3 N–H and O–H groups in total. The molecule has 0 aromatic heterocycles. The number of carbonyl (C=O) groups excluding carboxylic acids is 1. The Morgan fingerprint density at radius 1 is 1.29 bits per heavy atom. The number of allylic oxidation sites excluding steroid dienone is 1. The van der Waals surface area contributed by atoms with E-state index in [0.29, 0.717) is 31.5 Å². The van der Waals surface area contributed by atoms with Crippen LogP contribution < -0.4 is 5.32 Å². The molecule has 28 heavy (non-hydrogen) atoms. The number of fused-ring (bicyclic) bond motifs is 2. The second-order valence-corrected chi connectivity index (χ2v) is 9.25. The largest absolute Gasteiger partial charge is 0.462 e. The van der Waals surface area contributed by atoms with Crippen LogP contribution in [0.1, 0.15) is 45.4 Å². The number of carbonyl (C=O) groups is 1. The third-order valence-corrected chi connectivity index (χ3v) is 7.34. The third kappa shape index (κ3) is 4.78. The van der Waals surface area contributed by atoms with Crippen molar-refractivity contribution in [3.63, 3.8) is 0 Å². The zero-order valence-corrected chi connectivity index (χ0v) is 17.4. The van der Waals surface area contributed by atoms with Gasteiger partial charge >= 0.3 is 5.97 Å². The van der Waals surface area contributed by atoms with Gasteiger partial charge in [0.05, 0.1) is 19.1 Å². The molecule has 3 fully saturated rings. The molecule has 0 aromatic rings. The average molecular weight is 395 g/mol. The van der Waals surface area contributed by atoms with Crippen molar-refractivity contribution in [2.75, 3.05) is 45.9 Å². The third-order valence-electron chi connectivity index (χ3n) is 7.34. The number of hydrogen-bond donors (Lipinski definition) is 3. The van der Waals surface area contributed by atoms with Gasteiger partial charge in [0.15, 0.2) is 0 Å².